The van der Waals surface area contributed by atoms with Gasteiger partial charge in [0.15, 0.2) is 0 Å². The lowest BCUT2D eigenvalue weighted by Gasteiger charge is -2.32. The average Bonchev–Trinajstić information content (AvgIpc) is 3.38. The van der Waals surface area contributed by atoms with Crippen LogP contribution in [0.2, 0.25) is 0 Å². The Morgan fingerprint density at radius 2 is 1.82 bits per heavy atom. The van der Waals surface area contributed by atoms with Crippen LogP contribution in [0.15, 0.2) is 48.7 Å². The lowest BCUT2D eigenvalue weighted by molar-refractivity contribution is 0.0697. The molecule has 0 spiro atoms. The molecule has 1 aliphatic heterocycles. The van der Waals surface area contributed by atoms with Gasteiger partial charge < -0.3 is 14.8 Å². The number of ether oxygens (including phenoxy) is 1. The highest BCUT2D eigenvalue weighted by Gasteiger charge is 2.21. The Balaban J connectivity index is 0.000000311. The van der Waals surface area contributed by atoms with E-state index in [1.165, 1.54) is 67.2 Å². The van der Waals surface area contributed by atoms with Gasteiger partial charge >= 0.3 is 5.97 Å². The molecule has 2 aromatic carbocycles. The first-order valence-electron chi connectivity index (χ1n) is 12.7. The van der Waals surface area contributed by atoms with Gasteiger partial charge in [0.1, 0.15) is 5.75 Å². The van der Waals surface area contributed by atoms with E-state index in [4.69, 9.17) is 9.84 Å². The summed E-state index contributed by atoms with van der Waals surface area (Å²) in [6.45, 7) is 11.9. The first kappa shape index (κ1) is 27.5. The van der Waals surface area contributed by atoms with Crippen molar-refractivity contribution in [2.75, 3.05) is 20.2 Å². The Morgan fingerprint density at radius 1 is 1.15 bits per heavy atom. The number of carboxylic acid groups (broad SMARTS) is 1. The predicted octanol–water partition coefficient (Wildman–Crippen LogP) is 7.30. The van der Waals surface area contributed by atoms with Crippen LogP contribution in [0.25, 0.3) is 10.9 Å². The Bertz CT molecular complexity index is 989. The second-order valence-corrected chi connectivity index (χ2v) is 8.67. The van der Waals surface area contributed by atoms with Gasteiger partial charge in [0.25, 0.3) is 0 Å². The molecule has 0 unspecified atom stereocenters. The molecule has 1 fully saturated rings. The van der Waals surface area contributed by atoms with Crippen molar-refractivity contribution in [2.45, 2.75) is 66.3 Å². The third-order valence-electron chi connectivity index (χ3n) is 6.41. The third-order valence-corrected chi connectivity index (χ3v) is 6.41. The van der Waals surface area contributed by atoms with E-state index in [-0.39, 0.29) is 0 Å². The number of unbranched alkanes of at least 4 members (excludes halogenated alkanes) is 1. The van der Waals surface area contributed by atoms with Crippen LogP contribution >= 0.6 is 0 Å². The summed E-state index contributed by atoms with van der Waals surface area (Å²) in [7, 11) is 1.79. The minimum Gasteiger partial charge on any atom is -0.496 e. The number of carboxylic acids is 1. The van der Waals surface area contributed by atoms with Gasteiger partial charge in [-0.3, -0.25) is 4.90 Å². The Morgan fingerprint density at radius 3 is 2.38 bits per heavy atom. The number of hydrogen-bond donors (Lipinski definition) is 2. The molecule has 0 atom stereocenters. The van der Waals surface area contributed by atoms with Crippen LogP contribution < -0.4 is 4.74 Å². The van der Waals surface area contributed by atoms with E-state index in [1.54, 1.807) is 37.4 Å². The summed E-state index contributed by atoms with van der Waals surface area (Å²) in [5.41, 5.74) is 4.17. The van der Waals surface area contributed by atoms with Crippen molar-refractivity contribution in [1.29, 1.82) is 0 Å². The number of aromatic nitrogens is 1. The molecule has 0 radical (unpaired) electrons. The molecular weight excluding hydrogens is 424 g/mol. The number of nitrogens with one attached hydrogen (secondary N) is 1. The van der Waals surface area contributed by atoms with E-state index in [0.717, 1.165) is 18.2 Å². The van der Waals surface area contributed by atoms with Crippen LogP contribution in [0.3, 0.4) is 0 Å². The van der Waals surface area contributed by atoms with E-state index < -0.39 is 5.97 Å². The van der Waals surface area contributed by atoms with Crippen LogP contribution in [-0.4, -0.2) is 41.2 Å². The van der Waals surface area contributed by atoms with Crippen LogP contribution in [-0.2, 0) is 6.54 Å². The number of carbonyl (C=O) groups is 1. The molecule has 0 saturated carbocycles. The van der Waals surface area contributed by atoms with E-state index in [9.17, 15) is 4.79 Å². The molecule has 5 heteroatoms. The third kappa shape index (κ3) is 7.63. The molecule has 2 heterocycles. The summed E-state index contributed by atoms with van der Waals surface area (Å²) in [5, 5.41) is 9.70. The van der Waals surface area contributed by atoms with E-state index in [1.807, 2.05) is 20.0 Å². The van der Waals surface area contributed by atoms with Crippen molar-refractivity contribution >= 4 is 16.9 Å². The Hall–Kier alpha value is -2.79. The van der Waals surface area contributed by atoms with E-state index in [2.05, 4.69) is 35.9 Å². The van der Waals surface area contributed by atoms with Gasteiger partial charge in [-0.05, 0) is 68.6 Å². The molecule has 5 nitrogen and oxygen atoms in total. The largest absolute Gasteiger partial charge is 0.496 e. The van der Waals surface area contributed by atoms with Gasteiger partial charge in [0.05, 0.1) is 12.7 Å². The summed E-state index contributed by atoms with van der Waals surface area (Å²) in [6.07, 6.45) is 8.87. The molecule has 34 heavy (non-hydrogen) atoms. The van der Waals surface area contributed by atoms with Crippen molar-refractivity contribution in [2.24, 2.45) is 5.92 Å². The summed E-state index contributed by atoms with van der Waals surface area (Å²) in [6, 6.07) is 12.7. The number of aromatic carboxylic acids is 1. The monoisotopic (exact) mass is 466 g/mol. The zero-order chi connectivity index (χ0) is 24.9. The molecule has 2 N–H and O–H groups in total. The van der Waals surface area contributed by atoms with Gasteiger partial charge in [-0.1, -0.05) is 58.2 Å². The second-order valence-electron chi connectivity index (χ2n) is 8.67. The highest BCUT2D eigenvalue weighted by Crippen LogP contribution is 2.33. The number of likely N-dealkylation sites (tertiary alicyclic amines) is 1. The molecule has 0 bridgehead atoms. The molecule has 0 aliphatic carbocycles. The fourth-order valence-electron chi connectivity index (χ4n) is 4.51. The van der Waals surface area contributed by atoms with Gasteiger partial charge in [0.2, 0.25) is 0 Å². The lowest BCUT2D eigenvalue weighted by Crippen LogP contribution is -2.33. The molecule has 4 rings (SSSR count). The Kier molecular flexibility index (Phi) is 11.7. The molecule has 1 aliphatic rings. The van der Waals surface area contributed by atoms with Gasteiger partial charge in [-0.15, -0.1) is 0 Å². The quantitative estimate of drug-likeness (QED) is 0.383. The SMILES string of the molecule is CC.CCCCC1CCN(Cc2c(OC)cc(C)c3[nH]ccc23)CC1.O=C(O)c1ccccc1. The topological polar surface area (TPSA) is 65.6 Å². The summed E-state index contributed by atoms with van der Waals surface area (Å²) < 4.78 is 5.68. The van der Waals surface area contributed by atoms with Gasteiger partial charge in [-0.2, -0.15) is 0 Å². The number of hydrogen-bond acceptors (Lipinski definition) is 3. The summed E-state index contributed by atoms with van der Waals surface area (Å²) in [5.74, 6) is 1.09. The van der Waals surface area contributed by atoms with Crippen LogP contribution in [0.5, 0.6) is 5.75 Å². The fraction of sp³-hybridized carbons (Fsp3) is 0.483. The predicted molar refractivity (Wildman–Crippen MR) is 142 cm³/mol. The second kappa shape index (κ2) is 14.5. The lowest BCUT2D eigenvalue weighted by atomic mass is 9.91. The smallest absolute Gasteiger partial charge is 0.335 e. The number of nitrogens with zero attached hydrogens (tertiary/aromatic N) is 1. The van der Waals surface area contributed by atoms with Crippen molar-refractivity contribution in [1.82, 2.24) is 9.88 Å². The van der Waals surface area contributed by atoms with Gasteiger partial charge in [0, 0.05) is 29.2 Å². The van der Waals surface area contributed by atoms with Gasteiger partial charge in [-0.25, -0.2) is 4.79 Å². The number of fused-ring (bicyclic) bond motifs is 1. The van der Waals surface area contributed by atoms with E-state index in [0.29, 0.717) is 5.56 Å². The minimum atomic E-state index is -0.879. The van der Waals surface area contributed by atoms with E-state index >= 15 is 0 Å². The molecular formula is C29H42N2O3. The van der Waals surface area contributed by atoms with Crippen LogP contribution in [0.1, 0.15) is 74.4 Å². The summed E-state index contributed by atoms with van der Waals surface area (Å²) in [4.78, 5) is 16.2. The number of rotatable bonds is 7. The molecule has 0 amide bonds. The van der Waals surface area contributed by atoms with Crippen molar-refractivity contribution in [3.8, 4) is 5.75 Å². The maximum atomic E-state index is 10.2. The Labute approximate surface area is 205 Å². The highest BCUT2D eigenvalue weighted by molar-refractivity contribution is 5.88. The number of benzene rings is 2. The van der Waals surface area contributed by atoms with Crippen molar-refractivity contribution in [3.63, 3.8) is 0 Å². The molecule has 3 aromatic rings. The van der Waals surface area contributed by atoms with Crippen molar-refractivity contribution < 1.29 is 14.6 Å². The molecule has 1 saturated heterocycles. The molecule has 1 aromatic heterocycles. The number of H-pyrrole nitrogens is 1. The fourth-order valence-corrected chi connectivity index (χ4v) is 4.51. The number of aryl methyl sites for hydroxylation is 1. The van der Waals surface area contributed by atoms with Crippen LogP contribution in [0, 0.1) is 12.8 Å². The normalized spacial score (nSPS) is 14.0. The first-order chi connectivity index (χ1) is 16.5. The summed E-state index contributed by atoms with van der Waals surface area (Å²) >= 11 is 0. The zero-order valence-corrected chi connectivity index (χ0v) is 21.6. The standard InChI is InChI=1S/C20H30N2O.C7H6O2.C2H6/c1-4-5-6-16-8-11-22(12-9-16)14-18-17-7-10-21-20(17)15(2)13-19(18)23-3;8-7(9)6-4-2-1-3-5-6;1-2/h7,10,13,16,21H,4-6,8-9,11-12,14H2,1-3H3;1-5H,(H,8,9);1-2H3. The maximum Gasteiger partial charge on any atom is 0.335 e. The minimum absolute atomic E-state index is 0.331. The van der Waals surface area contributed by atoms with Crippen molar-refractivity contribution in [3.05, 3.63) is 65.4 Å². The zero-order valence-electron chi connectivity index (χ0n) is 21.6. The first-order valence-corrected chi connectivity index (χ1v) is 12.7. The highest BCUT2D eigenvalue weighted by atomic mass is 16.5. The number of methoxy groups -OCH3 is 1. The number of piperidine rings is 1. The van der Waals surface area contributed by atoms with Crippen LogP contribution in [0.4, 0.5) is 0 Å². The number of aromatic amines is 1. The average molecular weight is 467 g/mol. The maximum absolute atomic E-state index is 10.2. The molecule has 186 valence electrons.